The van der Waals surface area contributed by atoms with Crippen LogP contribution in [0.3, 0.4) is 0 Å². The number of aliphatic carboxylic acids is 1. The van der Waals surface area contributed by atoms with Crippen LogP contribution in [0, 0.1) is 5.82 Å². The van der Waals surface area contributed by atoms with Crippen LogP contribution >= 0.6 is 23.6 Å². The summed E-state index contributed by atoms with van der Waals surface area (Å²) in [5, 5.41) is 19.8. The zero-order valence-corrected chi connectivity index (χ0v) is 18.3. The number of carboxylic acids is 1. The fourth-order valence-corrected chi connectivity index (χ4v) is 4.07. The topological polar surface area (TPSA) is 110 Å². The van der Waals surface area contributed by atoms with Gasteiger partial charge in [0.1, 0.15) is 22.5 Å². The van der Waals surface area contributed by atoms with Crippen molar-refractivity contribution in [2.75, 3.05) is 19.0 Å². The number of anilines is 2. The Hall–Kier alpha value is -3.41. The average molecular weight is 473 g/mol. The third-order valence-electron chi connectivity index (χ3n) is 4.43. The highest BCUT2D eigenvalue weighted by atomic mass is 32.1. The van der Waals surface area contributed by atoms with E-state index in [9.17, 15) is 14.3 Å². The van der Waals surface area contributed by atoms with E-state index in [1.807, 2.05) is 24.3 Å². The van der Waals surface area contributed by atoms with Gasteiger partial charge in [-0.1, -0.05) is 40.8 Å². The van der Waals surface area contributed by atoms with Crippen molar-refractivity contribution in [2.24, 2.45) is 0 Å². The normalized spacial score (nSPS) is 11.9. The first-order valence-electron chi connectivity index (χ1n) is 9.36. The molecular weight excluding hydrogens is 455 g/mol. The predicted octanol–water partition coefficient (Wildman–Crippen LogP) is 4.20. The molecule has 3 N–H and O–H groups in total. The Balaban J connectivity index is 1.50. The van der Waals surface area contributed by atoms with Gasteiger partial charge in [-0.15, -0.1) is 0 Å². The van der Waals surface area contributed by atoms with Crippen LogP contribution in [0.25, 0.3) is 21.5 Å². The molecule has 32 heavy (non-hydrogen) atoms. The Morgan fingerprint density at radius 3 is 2.94 bits per heavy atom. The van der Waals surface area contributed by atoms with E-state index in [1.54, 1.807) is 12.1 Å². The second-order valence-corrected chi connectivity index (χ2v) is 8.17. The monoisotopic (exact) mass is 472 g/mol. The van der Waals surface area contributed by atoms with Gasteiger partial charge in [0.25, 0.3) is 0 Å². The molecule has 2 heterocycles. The standard InChI is InChI=1S/C21H17FN4O4S2/c1-29-10-16(20(27)28)24-19(31)17-9-15(26-30-17)11-3-2-4-13(7-11)23-21-25-14-6-5-12(22)8-18(14)32-21/h2-9,16H,10H2,1H3,(H,23,25)(H,24,31)(H,27,28). The van der Waals surface area contributed by atoms with E-state index in [0.717, 1.165) is 16.0 Å². The van der Waals surface area contributed by atoms with Crippen molar-refractivity contribution in [2.45, 2.75) is 6.04 Å². The van der Waals surface area contributed by atoms with E-state index in [4.69, 9.17) is 21.5 Å². The number of nitrogens with zero attached hydrogens (tertiary/aromatic N) is 2. The van der Waals surface area contributed by atoms with Crippen molar-refractivity contribution in [3.63, 3.8) is 0 Å². The van der Waals surface area contributed by atoms with Crippen LogP contribution in [0.5, 0.6) is 0 Å². The SMILES string of the molecule is COCC(NC(=S)c1cc(-c2cccc(Nc3nc4ccc(F)cc4s3)c2)no1)C(=O)O. The molecule has 4 aromatic rings. The molecule has 2 aromatic carbocycles. The lowest BCUT2D eigenvalue weighted by Gasteiger charge is -2.13. The largest absolute Gasteiger partial charge is 0.480 e. The number of halogens is 1. The molecule has 0 aliphatic rings. The van der Waals surface area contributed by atoms with Gasteiger partial charge in [-0.25, -0.2) is 14.2 Å². The summed E-state index contributed by atoms with van der Waals surface area (Å²) >= 11 is 6.58. The molecule has 1 atom stereocenters. The molecule has 4 rings (SSSR count). The van der Waals surface area contributed by atoms with Gasteiger partial charge >= 0.3 is 5.97 Å². The highest BCUT2D eigenvalue weighted by Crippen LogP contribution is 2.30. The Morgan fingerprint density at radius 1 is 1.31 bits per heavy atom. The highest BCUT2D eigenvalue weighted by Gasteiger charge is 2.21. The van der Waals surface area contributed by atoms with Gasteiger partial charge in [0.05, 0.1) is 16.8 Å². The first-order chi connectivity index (χ1) is 15.4. The van der Waals surface area contributed by atoms with Crippen LogP contribution in [0.4, 0.5) is 15.2 Å². The van der Waals surface area contributed by atoms with Crippen molar-refractivity contribution in [3.8, 4) is 11.3 Å². The van der Waals surface area contributed by atoms with Crippen LogP contribution in [-0.4, -0.2) is 46.0 Å². The molecule has 0 fully saturated rings. The maximum atomic E-state index is 13.4. The number of carbonyl (C=O) groups is 1. The Bertz CT molecular complexity index is 1290. The van der Waals surface area contributed by atoms with Gasteiger partial charge in [0, 0.05) is 24.4 Å². The zero-order chi connectivity index (χ0) is 22.7. The van der Waals surface area contributed by atoms with Crippen LogP contribution in [0.1, 0.15) is 5.76 Å². The number of carboxylic acid groups (broad SMARTS) is 1. The number of nitrogens with one attached hydrogen (secondary N) is 2. The molecule has 0 bridgehead atoms. The summed E-state index contributed by atoms with van der Waals surface area (Å²) < 4.78 is 24.3. The van der Waals surface area contributed by atoms with Crippen LogP contribution in [-0.2, 0) is 9.53 Å². The summed E-state index contributed by atoms with van der Waals surface area (Å²) in [6, 6.07) is 12.5. The molecule has 8 nitrogen and oxygen atoms in total. The molecule has 164 valence electrons. The second-order valence-electron chi connectivity index (χ2n) is 6.73. The average Bonchev–Trinajstić information content (AvgIpc) is 3.40. The van der Waals surface area contributed by atoms with Crippen LogP contribution < -0.4 is 10.6 Å². The molecule has 2 aromatic heterocycles. The second kappa shape index (κ2) is 9.39. The highest BCUT2D eigenvalue weighted by molar-refractivity contribution is 7.80. The maximum Gasteiger partial charge on any atom is 0.328 e. The van der Waals surface area contributed by atoms with E-state index in [2.05, 4.69) is 20.8 Å². The van der Waals surface area contributed by atoms with Gasteiger partial charge in [-0.3, -0.25) is 0 Å². The zero-order valence-electron chi connectivity index (χ0n) is 16.7. The minimum Gasteiger partial charge on any atom is -0.480 e. The smallest absolute Gasteiger partial charge is 0.328 e. The number of thiazole rings is 1. The first-order valence-corrected chi connectivity index (χ1v) is 10.6. The third-order valence-corrected chi connectivity index (χ3v) is 5.68. The van der Waals surface area contributed by atoms with Crippen molar-refractivity contribution >= 4 is 55.5 Å². The molecule has 0 amide bonds. The lowest BCUT2D eigenvalue weighted by atomic mass is 10.1. The fraction of sp³-hybridized carbons (Fsp3) is 0.143. The molecule has 0 aliphatic heterocycles. The summed E-state index contributed by atoms with van der Waals surface area (Å²) in [6.07, 6.45) is 0. The number of benzene rings is 2. The number of methoxy groups -OCH3 is 1. The van der Waals surface area contributed by atoms with E-state index >= 15 is 0 Å². The van der Waals surface area contributed by atoms with Crippen molar-refractivity contribution < 1.29 is 23.6 Å². The van der Waals surface area contributed by atoms with Crippen LogP contribution in [0.15, 0.2) is 53.1 Å². The molecule has 0 radical (unpaired) electrons. The number of thiocarbonyl (C=S) groups is 1. The predicted molar refractivity (Wildman–Crippen MR) is 123 cm³/mol. The van der Waals surface area contributed by atoms with E-state index in [1.165, 1.54) is 30.6 Å². The summed E-state index contributed by atoms with van der Waals surface area (Å²) in [6.45, 7) is -0.0530. The van der Waals surface area contributed by atoms with Gasteiger partial charge in [-0.05, 0) is 30.3 Å². The lowest BCUT2D eigenvalue weighted by Crippen LogP contribution is -2.43. The van der Waals surface area contributed by atoms with E-state index in [0.29, 0.717) is 16.3 Å². The third kappa shape index (κ3) is 4.90. The quantitative estimate of drug-likeness (QED) is 0.325. The Kier molecular flexibility index (Phi) is 6.40. The van der Waals surface area contributed by atoms with Gasteiger partial charge < -0.3 is 25.0 Å². The maximum absolute atomic E-state index is 13.4. The number of fused-ring (bicyclic) bond motifs is 1. The summed E-state index contributed by atoms with van der Waals surface area (Å²) in [5.41, 5.74) is 2.76. The number of hydrogen-bond donors (Lipinski definition) is 3. The minimum absolute atomic E-state index is 0.0530. The molecule has 0 saturated heterocycles. The van der Waals surface area contributed by atoms with Crippen LogP contribution in [0.2, 0.25) is 0 Å². The number of hydrogen-bond acceptors (Lipinski definition) is 8. The molecule has 1 unspecified atom stereocenters. The number of aromatic nitrogens is 2. The van der Waals surface area contributed by atoms with Crippen molar-refractivity contribution in [1.82, 2.24) is 15.5 Å². The minimum atomic E-state index is -1.09. The molecule has 11 heteroatoms. The van der Waals surface area contributed by atoms with Gasteiger partial charge in [0.15, 0.2) is 10.9 Å². The van der Waals surface area contributed by atoms with Crippen molar-refractivity contribution in [1.29, 1.82) is 0 Å². The van der Waals surface area contributed by atoms with Gasteiger partial charge in [-0.2, -0.15) is 0 Å². The molecule has 0 spiro atoms. The Labute approximate surface area is 191 Å². The van der Waals surface area contributed by atoms with E-state index < -0.39 is 12.0 Å². The lowest BCUT2D eigenvalue weighted by molar-refractivity contribution is -0.140. The molecule has 0 aliphatic carbocycles. The van der Waals surface area contributed by atoms with E-state index in [-0.39, 0.29) is 23.2 Å². The Morgan fingerprint density at radius 2 is 2.16 bits per heavy atom. The fourth-order valence-electron chi connectivity index (χ4n) is 2.92. The van der Waals surface area contributed by atoms with Gasteiger partial charge in [0.2, 0.25) is 0 Å². The number of ether oxygens (including phenoxy) is 1. The molecular formula is C21H17FN4O4S2. The summed E-state index contributed by atoms with van der Waals surface area (Å²) in [5.74, 6) is -1.16. The number of rotatable bonds is 8. The summed E-state index contributed by atoms with van der Waals surface area (Å²) in [7, 11) is 1.40. The molecule has 0 saturated carbocycles. The summed E-state index contributed by atoms with van der Waals surface area (Å²) in [4.78, 5) is 15.8. The first kappa shape index (κ1) is 21.8. The van der Waals surface area contributed by atoms with Crippen molar-refractivity contribution in [3.05, 3.63) is 60.1 Å².